The summed E-state index contributed by atoms with van der Waals surface area (Å²) < 4.78 is 68.7. The molecule has 1 atom stereocenters. The van der Waals surface area contributed by atoms with Crippen molar-refractivity contribution in [3.63, 3.8) is 0 Å². The molecule has 2 N–H and O–H groups in total. The maximum absolute atomic E-state index is 13.2. The Bertz CT molecular complexity index is 449. The van der Waals surface area contributed by atoms with Crippen molar-refractivity contribution in [3.05, 3.63) is 28.2 Å². The minimum Gasteiger partial charge on any atom is -0.494 e. The highest BCUT2D eigenvalue weighted by atomic mass is 79.9. The van der Waals surface area contributed by atoms with Crippen LogP contribution in [0.15, 0.2) is 22.7 Å². The van der Waals surface area contributed by atoms with Crippen molar-refractivity contribution < 1.29 is 26.7 Å². The van der Waals surface area contributed by atoms with Gasteiger partial charge in [-0.25, -0.2) is 0 Å². The van der Waals surface area contributed by atoms with Crippen LogP contribution in [0.4, 0.5) is 22.0 Å². The molecule has 0 saturated carbocycles. The van der Waals surface area contributed by atoms with Crippen LogP contribution in [0, 0.1) is 0 Å². The van der Waals surface area contributed by atoms with E-state index in [0.29, 0.717) is 4.47 Å². The van der Waals surface area contributed by atoms with Crippen LogP contribution in [0.5, 0.6) is 5.75 Å². The van der Waals surface area contributed by atoms with Crippen LogP contribution in [0.25, 0.3) is 0 Å². The Morgan fingerprint density at radius 3 is 2.32 bits per heavy atom. The number of hydrogen-bond donors (Lipinski definition) is 1. The summed E-state index contributed by atoms with van der Waals surface area (Å²) in [6.45, 7) is 1.71. The van der Waals surface area contributed by atoms with Crippen molar-refractivity contribution in [2.75, 3.05) is 6.61 Å². The molecular formula is C11H11BrF5NO. The van der Waals surface area contributed by atoms with E-state index in [4.69, 9.17) is 10.5 Å². The summed E-state index contributed by atoms with van der Waals surface area (Å²) >= 11 is 3.00. The summed E-state index contributed by atoms with van der Waals surface area (Å²) in [5.74, 6) is -5.14. The van der Waals surface area contributed by atoms with Gasteiger partial charge in [0.1, 0.15) is 11.8 Å². The van der Waals surface area contributed by atoms with Crippen LogP contribution in [0.1, 0.15) is 18.5 Å². The fourth-order valence-electron chi connectivity index (χ4n) is 1.42. The zero-order valence-electron chi connectivity index (χ0n) is 9.77. The third-order valence-corrected chi connectivity index (χ3v) is 2.87. The molecule has 8 heteroatoms. The summed E-state index contributed by atoms with van der Waals surface area (Å²) in [5, 5.41) is 0. The summed E-state index contributed by atoms with van der Waals surface area (Å²) in [6.07, 6.45) is -5.72. The molecule has 0 heterocycles. The second-order valence-electron chi connectivity index (χ2n) is 3.71. The number of benzene rings is 1. The first-order valence-corrected chi connectivity index (χ1v) is 6.03. The monoisotopic (exact) mass is 347 g/mol. The van der Waals surface area contributed by atoms with Gasteiger partial charge >= 0.3 is 12.1 Å². The second-order valence-corrected chi connectivity index (χ2v) is 4.63. The standard InChI is InChI=1S/C11H11BrF5NO/c1-2-19-8-4-3-6(12)5-7(8)9(18)10(13,14)11(15,16)17/h3-5,9H,2,18H2,1H3. The molecule has 0 aliphatic rings. The molecule has 2 nitrogen and oxygen atoms in total. The average molecular weight is 348 g/mol. The van der Waals surface area contributed by atoms with Gasteiger partial charge < -0.3 is 10.5 Å². The molecule has 0 spiro atoms. The van der Waals surface area contributed by atoms with Crippen molar-refractivity contribution in [3.8, 4) is 5.75 Å². The highest BCUT2D eigenvalue weighted by Crippen LogP contribution is 2.45. The maximum Gasteiger partial charge on any atom is 0.455 e. The first-order chi connectivity index (χ1) is 8.61. The van der Waals surface area contributed by atoms with Crippen LogP contribution in [0.2, 0.25) is 0 Å². The molecule has 0 bridgehead atoms. The van der Waals surface area contributed by atoms with Gasteiger partial charge in [-0.1, -0.05) is 15.9 Å². The van der Waals surface area contributed by atoms with Crippen molar-refractivity contribution >= 4 is 15.9 Å². The maximum atomic E-state index is 13.2. The van der Waals surface area contributed by atoms with Crippen molar-refractivity contribution in [2.45, 2.75) is 25.1 Å². The minimum atomic E-state index is -5.72. The molecule has 0 amide bonds. The van der Waals surface area contributed by atoms with E-state index >= 15 is 0 Å². The van der Waals surface area contributed by atoms with E-state index in [1.165, 1.54) is 12.1 Å². The Balaban J connectivity index is 3.25. The van der Waals surface area contributed by atoms with Crippen LogP contribution < -0.4 is 10.5 Å². The number of hydrogen-bond acceptors (Lipinski definition) is 2. The molecule has 0 aliphatic heterocycles. The number of halogens is 6. The molecule has 1 unspecified atom stereocenters. The normalized spacial score (nSPS) is 14.3. The molecule has 0 fully saturated rings. The van der Waals surface area contributed by atoms with Gasteiger partial charge in [0.05, 0.1) is 6.61 Å². The number of ether oxygens (including phenoxy) is 1. The average Bonchev–Trinajstić information content (AvgIpc) is 2.29. The molecule has 1 aromatic carbocycles. The lowest BCUT2D eigenvalue weighted by molar-refractivity contribution is -0.291. The minimum absolute atomic E-state index is 0.0953. The van der Waals surface area contributed by atoms with E-state index in [0.717, 1.165) is 6.07 Å². The molecule has 108 valence electrons. The number of nitrogens with two attached hydrogens (primary N) is 1. The lowest BCUT2D eigenvalue weighted by Gasteiger charge is -2.27. The van der Waals surface area contributed by atoms with Gasteiger partial charge in [-0.15, -0.1) is 0 Å². The molecule has 0 aliphatic carbocycles. The van der Waals surface area contributed by atoms with Gasteiger partial charge in [0.15, 0.2) is 0 Å². The van der Waals surface area contributed by atoms with Gasteiger partial charge in [0, 0.05) is 10.0 Å². The van der Waals surface area contributed by atoms with E-state index in [2.05, 4.69) is 15.9 Å². The largest absolute Gasteiger partial charge is 0.494 e. The van der Waals surface area contributed by atoms with E-state index < -0.39 is 23.7 Å². The van der Waals surface area contributed by atoms with Crippen molar-refractivity contribution in [1.29, 1.82) is 0 Å². The van der Waals surface area contributed by atoms with Crippen LogP contribution in [-0.4, -0.2) is 18.7 Å². The summed E-state index contributed by atoms with van der Waals surface area (Å²) in [6, 6.07) is 1.31. The van der Waals surface area contributed by atoms with Crippen LogP contribution >= 0.6 is 15.9 Å². The Hall–Kier alpha value is -0.890. The summed E-state index contributed by atoms with van der Waals surface area (Å²) in [7, 11) is 0. The fourth-order valence-corrected chi connectivity index (χ4v) is 1.80. The fraction of sp³-hybridized carbons (Fsp3) is 0.455. The molecule has 1 aromatic rings. The van der Waals surface area contributed by atoms with Gasteiger partial charge in [0.2, 0.25) is 0 Å². The lowest BCUT2D eigenvalue weighted by atomic mass is 10.00. The number of alkyl halides is 5. The molecular weight excluding hydrogens is 337 g/mol. The molecule has 0 aromatic heterocycles. The SMILES string of the molecule is CCOc1ccc(Br)cc1C(N)C(F)(F)C(F)(F)F. The molecule has 19 heavy (non-hydrogen) atoms. The predicted octanol–water partition coefficient (Wildman–Crippen LogP) is 4.05. The second kappa shape index (κ2) is 5.62. The highest BCUT2D eigenvalue weighted by molar-refractivity contribution is 9.10. The van der Waals surface area contributed by atoms with E-state index in [9.17, 15) is 22.0 Å². The van der Waals surface area contributed by atoms with Crippen molar-refractivity contribution in [2.24, 2.45) is 5.73 Å². The van der Waals surface area contributed by atoms with Crippen LogP contribution in [0.3, 0.4) is 0 Å². The van der Waals surface area contributed by atoms with Crippen molar-refractivity contribution in [1.82, 2.24) is 0 Å². The Labute approximate surface area is 114 Å². The first-order valence-electron chi connectivity index (χ1n) is 5.23. The predicted molar refractivity (Wildman–Crippen MR) is 63.2 cm³/mol. The quantitative estimate of drug-likeness (QED) is 0.834. The Morgan fingerprint density at radius 1 is 1.26 bits per heavy atom. The first kappa shape index (κ1) is 16.2. The van der Waals surface area contributed by atoms with E-state index in [1.807, 2.05) is 0 Å². The van der Waals surface area contributed by atoms with E-state index in [-0.39, 0.29) is 12.4 Å². The van der Waals surface area contributed by atoms with Crippen LogP contribution in [-0.2, 0) is 0 Å². The molecule has 0 saturated heterocycles. The number of rotatable bonds is 4. The summed E-state index contributed by atoms with van der Waals surface area (Å²) in [4.78, 5) is 0. The Morgan fingerprint density at radius 2 is 1.84 bits per heavy atom. The van der Waals surface area contributed by atoms with Gasteiger partial charge in [0.25, 0.3) is 0 Å². The molecule has 0 radical (unpaired) electrons. The topological polar surface area (TPSA) is 35.2 Å². The Kier molecular flexibility index (Phi) is 4.78. The summed E-state index contributed by atoms with van der Waals surface area (Å²) in [5.41, 5.74) is 4.68. The molecule has 1 rings (SSSR count). The smallest absolute Gasteiger partial charge is 0.455 e. The van der Waals surface area contributed by atoms with Gasteiger partial charge in [-0.2, -0.15) is 22.0 Å². The van der Waals surface area contributed by atoms with Gasteiger partial charge in [-0.05, 0) is 25.1 Å². The van der Waals surface area contributed by atoms with E-state index in [1.54, 1.807) is 6.92 Å². The third-order valence-electron chi connectivity index (χ3n) is 2.38. The zero-order valence-corrected chi connectivity index (χ0v) is 11.4. The zero-order chi connectivity index (χ0) is 14.8. The third kappa shape index (κ3) is 3.36. The lowest BCUT2D eigenvalue weighted by Crippen LogP contribution is -2.46. The highest BCUT2D eigenvalue weighted by Gasteiger charge is 2.62. The van der Waals surface area contributed by atoms with Gasteiger partial charge in [-0.3, -0.25) is 0 Å².